The molecule has 1 unspecified atom stereocenters. The standard InChI is InChI=1S/C18H34N2O6S/c1-5-6-10-7-11(20(3)8-10)17(25)19-12(9(2)21)16-14(23)13(22)15(24)18(26-16)27-4/h9-16,18,21-24H,5-8H2,1-4H3,(H,19,25)/t9?,10-,11+,12+,13+,14-,15-,16+,18-/m1/s1. The first kappa shape index (κ1) is 22.9. The second kappa shape index (κ2) is 9.87. The highest BCUT2D eigenvalue weighted by Crippen LogP contribution is 2.30. The summed E-state index contributed by atoms with van der Waals surface area (Å²) in [6, 6.07) is -1.20. The Morgan fingerprint density at radius 3 is 2.52 bits per heavy atom. The summed E-state index contributed by atoms with van der Waals surface area (Å²) in [5.74, 6) is 0.245. The highest BCUT2D eigenvalue weighted by atomic mass is 32.2. The van der Waals surface area contributed by atoms with Crippen molar-refractivity contribution in [2.75, 3.05) is 19.8 Å². The molecule has 0 aromatic rings. The van der Waals surface area contributed by atoms with Crippen molar-refractivity contribution >= 4 is 17.7 Å². The van der Waals surface area contributed by atoms with Gasteiger partial charge in [0.25, 0.3) is 0 Å². The normalized spacial score (nSPS) is 39.9. The van der Waals surface area contributed by atoms with E-state index in [1.54, 1.807) is 6.26 Å². The number of likely N-dealkylation sites (tertiary alicyclic amines) is 1. The minimum Gasteiger partial charge on any atom is -0.391 e. The smallest absolute Gasteiger partial charge is 0.237 e. The van der Waals surface area contributed by atoms with Gasteiger partial charge in [0.05, 0.1) is 18.2 Å². The summed E-state index contributed by atoms with van der Waals surface area (Å²) in [7, 11) is 1.91. The van der Waals surface area contributed by atoms with Crippen molar-refractivity contribution in [3.05, 3.63) is 0 Å². The SMILES string of the molecule is CCC[C@@H]1C[C@@H](C(=O)N[C@@H](C(C)O)[C@@H]2O[C@H](SC)[C@H](O)[C@@H](O)[C@H]2O)N(C)C1. The maximum Gasteiger partial charge on any atom is 0.237 e. The van der Waals surface area contributed by atoms with Gasteiger partial charge < -0.3 is 30.5 Å². The maximum absolute atomic E-state index is 12.8. The van der Waals surface area contributed by atoms with E-state index in [-0.39, 0.29) is 11.9 Å². The number of likely N-dealkylation sites (N-methyl/N-ethyl adjacent to an activating group) is 1. The Kier molecular flexibility index (Phi) is 8.35. The van der Waals surface area contributed by atoms with Gasteiger partial charge in [0.2, 0.25) is 5.91 Å². The van der Waals surface area contributed by atoms with E-state index < -0.39 is 42.0 Å². The van der Waals surface area contributed by atoms with E-state index in [2.05, 4.69) is 12.2 Å². The van der Waals surface area contributed by atoms with Gasteiger partial charge in [-0.05, 0) is 39.0 Å². The first-order valence-corrected chi connectivity index (χ1v) is 10.9. The summed E-state index contributed by atoms with van der Waals surface area (Å²) < 4.78 is 5.72. The predicted octanol–water partition coefficient (Wildman–Crippen LogP) is -0.857. The van der Waals surface area contributed by atoms with Crippen LogP contribution in [0.1, 0.15) is 33.1 Å². The average Bonchev–Trinajstić information content (AvgIpc) is 2.99. The second-order valence-corrected chi connectivity index (χ2v) is 8.73. The predicted molar refractivity (Wildman–Crippen MR) is 103 cm³/mol. The average molecular weight is 407 g/mol. The number of carbonyl (C=O) groups is 1. The van der Waals surface area contributed by atoms with Crippen LogP contribution in [0.3, 0.4) is 0 Å². The summed E-state index contributed by atoms with van der Waals surface area (Å²) >= 11 is 1.20. The highest BCUT2D eigenvalue weighted by molar-refractivity contribution is 7.99. The summed E-state index contributed by atoms with van der Waals surface area (Å²) in [4.78, 5) is 14.9. The number of rotatable bonds is 7. The molecule has 0 radical (unpaired) electrons. The first-order chi connectivity index (χ1) is 12.7. The Morgan fingerprint density at radius 2 is 1.96 bits per heavy atom. The topological polar surface area (TPSA) is 122 Å². The third kappa shape index (κ3) is 5.14. The Morgan fingerprint density at radius 1 is 1.30 bits per heavy atom. The molecule has 2 aliphatic heterocycles. The van der Waals surface area contributed by atoms with E-state index in [1.165, 1.54) is 18.7 Å². The molecule has 9 heteroatoms. The van der Waals surface area contributed by atoms with Gasteiger partial charge in [0.15, 0.2) is 0 Å². The Balaban J connectivity index is 2.09. The van der Waals surface area contributed by atoms with Crippen molar-refractivity contribution in [2.24, 2.45) is 5.92 Å². The van der Waals surface area contributed by atoms with Crippen LogP contribution >= 0.6 is 11.8 Å². The van der Waals surface area contributed by atoms with Crippen LogP contribution in [0.15, 0.2) is 0 Å². The van der Waals surface area contributed by atoms with Crippen LogP contribution in [0.2, 0.25) is 0 Å². The molecule has 2 fully saturated rings. The fourth-order valence-electron chi connectivity index (χ4n) is 4.13. The molecular formula is C18H34N2O6S. The third-order valence-electron chi connectivity index (χ3n) is 5.66. The quantitative estimate of drug-likeness (QED) is 0.370. The molecule has 158 valence electrons. The number of thioether (sulfide) groups is 1. The summed E-state index contributed by atoms with van der Waals surface area (Å²) in [5.41, 5.74) is -0.755. The largest absolute Gasteiger partial charge is 0.391 e. The molecule has 8 nitrogen and oxygen atoms in total. The molecule has 27 heavy (non-hydrogen) atoms. The van der Waals surface area contributed by atoms with Crippen molar-refractivity contribution in [3.8, 4) is 0 Å². The minimum atomic E-state index is -1.42. The minimum absolute atomic E-state index is 0.223. The summed E-state index contributed by atoms with van der Waals surface area (Å²) in [5, 5.41) is 43.5. The van der Waals surface area contributed by atoms with Gasteiger partial charge in [0.1, 0.15) is 29.9 Å². The van der Waals surface area contributed by atoms with E-state index in [0.29, 0.717) is 5.92 Å². The Bertz CT molecular complexity index is 494. The molecule has 2 heterocycles. The zero-order valence-electron chi connectivity index (χ0n) is 16.5. The van der Waals surface area contributed by atoms with Crippen LogP contribution in [-0.2, 0) is 9.53 Å². The van der Waals surface area contributed by atoms with Gasteiger partial charge in [-0.1, -0.05) is 13.3 Å². The van der Waals surface area contributed by atoms with Crippen molar-refractivity contribution in [2.45, 2.75) is 81.1 Å². The molecule has 1 amide bonds. The molecule has 0 saturated carbocycles. The van der Waals surface area contributed by atoms with Crippen LogP contribution in [0.4, 0.5) is 0 Å². The van der Waals surface area contributed by atoms with Gasteiger partial charge in [0, 0.05) is 6.54 Å². The van der Waals surface area contributed by atoms with Gasteiger partial charge in [-0.2, -0.15) is 0 Å². The third-order valence-corrected chi connectivity index (χ3v) is 6.51. The lowest BCUT2D eigenvalue weighted by Gasteiger charge is -2.44. The van der Waals surface area contributed by atoms with Crippen molar-refractivity contribution in [1.82, 2.24) is 10.2 Å². The number of aliphatic hydroxyl groups excluding tert-OH is 4. The van der Waals surface area contributed by atoms with Crippen LogP contribution in [-0.4, -0.2) is 99.1 Å². The lowest BCUT2D eigenvalue weighted by atomic mass is 9.92. The van der Waals surface area contributed by atoms with Crippen LogP contribution in [0, 0.1) is 5.92 Å². The van der Waals surface area contributed by atoms with Gasteiger partial charge in [-0.25, -0.2) is 0 Å². The van der Waals surface area contributed by atoms with Gasteiger partial charge >= 0.3 is 0 Å². The van der Waals surface area contributed by atoms with Crippen LogP contribution in [0.25, 0.3) is 0 Å². The van der Waals surface area contributed by atoms with Crippen molar-refractivity contribution < 1.29 is 30.0 Å². The van der Waals surface area contributed by atoms with E-state index in [9.17, 15) is 25.2 Å². The molecule has 0 aromatic carbocycles. The number of amides is 1. The molecule has 9 atom stereocenters. The number of hydrogen-bond acceptors (Lipinski definition) is 8. The van der Waals surface area contributed by atoms with Crippen molar-refractivity contribution in [3.63, 3.8) is 0 Å². The Labute approximate surface area is 165 Å². The number of aliphatic hydroxyl groups is 4. The second-order valence-electron chi connectivity index (χ2n) is 7.80. The van der Waals surface area contributed by atoms with E-state index >= 15 is 0 Å². The lowest BCUT2D eigenvalue weighted by molar-refractivity contribution is -0.211. The van der Waals surface area contributed by atoms with E-state index in [0.717, 1.165) is 25.8 Å². The number of nitrogens with zero attached hydrogens (tertiary/aromatic N) is 1. The summed E-state index contributed by atoms with van der Waals surface area (Å²) in [6.45, 7) is 4.48. The molecule has 0 bridgehead atoms. The molecular weight excluding hydrogens is 372 g/mol. The zero-order valence-corrected chi connectivity index (χ0v) is 17.3. The Hall–Kier alpha value is -0.420. The molecule has 5 N–H and O–H groups in total. The molecule has 0 spiro atoms. The van der Waals surface area contributed by atoms with Crippen LogP contribution < -0.4 is 5.32 Å². The fourth-order valence-corrected chi connectivity index (χ4v) is 4.81. The molecule has 2 rings (SSSR count). The van der Waals surface area contributed by atoms with Crippen LogP contribution in [0.5, 0.6) is 0 Å². The highest BCUT2D eigenvalue weighted by Gasteiger charge is 2.48. The fraction of sp³-hybridized carbons (Fsp3) is 0.944. The molecule has 2 aliphatic rings. The monoisotopic (exact) mass is 406 g/mol. The zero-order chi connectivity index (χ0) is 20.3. The number of nitrogens with one attached hydrogen (secondary N) is 1. The number of carbonyl (C=O) groups excluding carboxylic acids is 1. The van der Waals surface area contributed by atoms with Crippen molar-refractivity contribution in [1.29, 1.82) is 0 Å². The first-order valence-electron chi connectivity index (χ1n) is 9.62. The van der Waals surface area contributed by atoms with E-state index in [1.807, 2.05) is 11.9 Å². The summed E-state index contributed by atoms with van der Waals surface area (Å²) in [6.07, 6.45) is -1.50. The lowest BCUT2D eigenvalue weighted by Crippen LogP contribution is -2.65. The van der Waals surface area contributed by atoms with E-state index in [4.69, 9.17) is 4.74 Å². The molecule has 0 aromatic heterocycles. The maximum atomic E-state index is 12.8. The van der Waals surface area contributed by atoms with Gasteiger partial charge in [-0.3, -0.25) is 9.69 Å². The number of ether oxygens (including phenoxy) is 1. The molecule has 2 saturated heterocycles. The number of hydrogen-bond donors (Lipinski definition) is 5. The molecule has 0 aliphatic carbocycles. The van der Waals surface area contributed by atoms with Gasteiger partial charge in [-0.15, -0.1) is 11.8 Å².